The van der Waals surface area contributed by atoms with E-state index in [0.717, 1.165) is 36.5 Å². The first-order valence-corrected chi connectivity index (χ1v) is 10.8. The Bertz CT molecular complexity index is 1040. The van der Waals surface area contributed by atoms with E-state index in [1.165, 1.54) is 31.3 Å². The van der Waals surface area contributed by atoms with Crippen LogP contribution in [0.5, 0.6) is 0 Å². The number of halogens is 5. The normalized spacial score (nSPS) is 14.1. The summed E-state index contributed by atoms with van der Waals surface area (Å²) >= 11 is 0. The van der Waals surface area contributed by atoms with E-state index in [9.17, 15) is 22.0 Å². The number of hydrogen-bond acceptors (Lipinski definition) is 1. The highest BCUT2D eigenvalue weighted by Gasteiger charge is 2.35. The van der Waals surface area contributed by atoms with Gasteiger partial charge < -0.3 is 0 Å². The van der Waals surface area contributed by atoms with Crippen LogP contribution in [0.4, 0.5) is 22.0 Å². The highest BCUT2D eigenvalue weighted by atomic mass is 19.4. The Balaban J connectivity index is 0.000000273. The lowest BCUT2D eigenvalue weighted by atomic mass is 9.95. The lowest BCUT2D eigenvalue weighted by molar-refractivity contribution is -0.138. The van der Waals surface area contributed by atoms with Crippen molar-refractivity contribution in [2.45, 2.75) is 65.0 Å². The number of alkyl halides is 5. The second kappa shape index (κ2) is 10.4. The summed E-state index contributed by atoms with van der Waals surface area (Å²) in [5, 5.41) is 0. The molecule has 3 rings (SSSR count). The summed E-state index contributed by atoms with van der Waals surface area (Å²) in [4.78, 5) is 3.94. The van der Waals surface area contributed by atoms with Crippen molar-refractivity contribution >= 4 is 6.08 Å². The van der Waals surface area contributed by atoms with Gasteiger partial charge in [-0.25, -0.2) is 8.78 Å². The monoisotopic (exact) mass is 463 g/mol. The van der Waals surface area contributed by atoms with Crippen LogP contribution in [0.15, 0.2) is 60.8 Å². The van der Waals surface area contributed by atoms with Crippen LogP contribution in [-0.2, 0) is 18.5 Å². The van der Waals surface area contributed by atoms with Gasteiger partial charge in [-0.1, -0.05) is 43.9 Å². The van der Waals surface area contributed by atoms with E-state index in [2.05, 4.69) is 18.1 Å². The van der Waals surface area contributed by atoms with Gasteiger partial charge >= 0.3 is 6.18 Å². The first-order chi connectivity index (χ1) is 15.2. The largest absolute Gasteiger partial charge is 0.416 e. The minimum absolute atomic E-state index is 0.0364. The smallest absolute Gasteiger partial charge is 0.261 e. The quantitative estimate of drug-likeness (QED) is 0.308. The second-order valence-corrected chi connectivity index (χ2v) is 8.47. The van der Waals surface area contributed by atoms with Crippen LogP contribution >= 0.6 is 0 Å². The molecule has 2 aromatic rings. The van der Waals surface area contributed by atoms with Crippen molar-refractivity contribution in [2.75, 3.05) is 0 Å². The number of aryl methyl sites for hydroxylation is 1. The molecule has 1 aromatic carbocycles. The Labute approximate surface area is 192 Å². The summed E-state index contributed by atoms with van der Waals surface area (Å²) in [6.45, 7) is 13.7. The van der Waals surface area contributed by atoms with Gasteiger partial charge in [-0.3, -0.25) is 4.98 Å². The van der Waals surface area contributed by atoms with Gasteiger partial charge in [0.25, 0.3) is 5.92 Å². The molecule has 0 radical (unpaired) electrons. The van der Waals surface area contributed by atoms with Crippen LogP contribution < -0.4 is 0 Å². The maximum atomic E-state index is 13.2. The molecule has 1 fully saturated rings. The number of pyridine rings is 1. The molecule has 0 amide bonds. The molecular formula is C27H30F5N. The summed E-state index contributed by atoms with van der Waals surface area (Å²) in [5.41, 5.74) is 3.38. The van der Waals surface area contributed by atoms with E-state index in [0.29, 0.717) is 17.7 Å². The van der Waals surface area contributed by atoms with E-state index in [1.54, 1.807) is 12.2 Å². The van der Waals surface area contributed by atoms with Gasteiger partial charge in [0.15, 0.2) is 0 Å². The van der Waals surface area contributed by atoms with Crippen LogP contribution in [0.1, 0.15) is 73.0 Å². The van der Waals surface area contributed by atoms with E-state index < -0.39 is 17.7 Å². The summed E-state index contributed by atoms with van der Waals surface area (Å²) < 4.78 is 65.0. The zero-order chi connectivity index (χ0) is 25.0. The Morgan fingerprint density at radius 3 is 2.24 bits per heavy atom. The van der Waals surface area contributed by atoms with Crippen LogP contribution in [0.3, 0.4) is 0 Å². The Morgan fingerprint density at radius 1 is 1.12 bits per heavy atom. The van der Waals surface area contributed by atoms with Crippen LogP contribution in [0.2, 0.25) is 0 Å². The molecular weight excluding hydrogens is 433 g/mol. The SMILES string of the molecule is C=C(C)C(=C)/C=C\c1cc(C2CC2)cc(C(F)(F)F)c1C.CCc1cc(C(C)(F)F)ccn1. The molecule has 1 saturated carbocycles. The van der Waals surface area contributed by atoms with Crippen molar-refractivity contribution in [3.8, 4) is 0 Å². The van der Waals surface area contributed by atoms with Crippen molar-refractivity contribution in [2.24, 2.45) is 0 Å². The highest BCUT2D eigenvalue weighted by molar-refractivity contribution is 5.61. The van der Waals surface area contributed by atoms with Crippen molar-refractivity contribution in [1.82, 2.24) is 4.98 Å². The van der Waals surface area contributed by atoms with E-state index in [4.69, 9.17) is 0 Å². The molecule has 1 heterocycles. The maximum absolute atomic E-state index is 13.2. The lowest BCUT2D eigenvalue weighted by Crippen LogP contribution is -2.09. The van der Waals surface area contributed by atoms with Gasteiger partial charge in [-0.2, -0.15) is 13.2 Å². The summed E-state index contributed by atoms with van der Waals surface area (Å²) in [6.07, 6.45) is 3.16. The number of benzene rings is 1. The zero-order valence-corrected chi connectivity index (χ0v) is 19.5. The molecule has 0 bridgehead atoms. The van der Waals surface area contributed by atoms with Gasteiger partial charge in [0.2, 0.25) is 0 Å². The molecule has 178 valence electrons. The van der Waals surface area contributed by atoms with Crippen molar-refractivity contribution in [3.63, 3.8) is 0 Å². The number of rotatable bonds is 6. The first kappa shape index (κ1) is 26.5. The molecule has 0 aliphatic heterocycles. The minimum Gasteiger partial charge on any atom is -0.261 e. The fourth-order valence-corrected chi connectivity index (χ4v) is 3.16. The predicted octanol–water partition coefficient (Wildman–Crippen LogP) is 8.79. The molecule has 33 heavy (non-hydrogen) atoms. The average molecular weight is 464 g/mol. The molecule has 1 nitrogen and oxygen atoms in total. The second-order valence-electron chi connectivity index (χ2n) is 8.47. The van der Waals surface area contributed by atoms with Gasteiger partial charge in [-0.05, 0) is 79.5 Å². The third kappa shape index (κ3) is 7.65. The van der Waals surface area contributed by atoms with Gasteiger partial charge in [-0.15, -0.1) is 0 Å². The van der Waals surface area contributed by atoms with Gasteiger partial charge in [0.1, 0.15) is 0 Å². The van der Waals surface area contributed by atoms with E-state index in [-0.39, 0.29) is 17.0 Å². The summed E-state index contributed by atoms with van der Waals surface area (Å²) in [6, 6.07) is 5.96. The topological polar surface area (TPSA) is 12.9 Å². The standard InChI is InChI=1S/C18H19F3.C9H11F2N/c1-11(2)12(3)5-6-15-9-16(14-7-8-14)10-17(13(15)4)18(19,20)21;1-3-8-6-7(4-5-12-8)9(2,10)11/h5-6,9-10,14H,1,3,7-8H2,2,4H3;4-6H,3H2,1-2H3/b6-5-;. The summed E-state index contributed by atoms with van der Waals surface area (Å²) in [7, 11) is 0. The average Bonchev–Trinajstić information content (AvgIpc) is 3.57. The molecule has 6 heteroatoms. The number of nitrogens with zero attached hydrogens (tertiary/aromatic N) is 1. The number of allylic oxidation sites excluding steroid dienone is 3. The summed E-state index contributed by atoms with van der Waals surface area (Å²) in [5.74, 6) is -2.48. The predicted molar refractivity (Wildman–Crippen MR) is 124 cm³/mol. The maximum Gasteiger partial charge on any atom is 0.416 e. The molecule has 1 aromatic heterocycles. The Morgan fingerprint density at radius 2 is 1.76 bits per heavy atom. The van der Waals surface area contributed by atoms with Crippen molar-refractivity contribution < 1.29 is 22.0 Å². The molecule has 0 spiro atoms. The van der Waals surface area contributed by atoms with Crippen molar-refractivity contribution in [1.29, 1.82) is 0 Å². The van der Waals surface area contributed by atoms with Crippen molar-refractivity contribution in [3.05, 3.63) is 94.4 Å². The Kier molecular flexibility index (Phi) is 8.39. The Hall–Kier alpha value is -2.76. The molecule has 0 N–H and O–H groups in total. The molecule has 1 aliphatic carbocycles. The third-order valence-electron chi connectivity index (χ3n) is 5.52. The minimum atomic E-state index is -4.32. The van der Waals surface area contributed by atoms with Gasteiger partial charge in [0.05, 0.1) is 5.56 Å². The van der Waals surface area contributed by atoms with E-state index >= 15 is 0 Å². The highest BCUT2D eigenvalue weighted by Crippen LogP contribution is 2.44. The fourth-order valence-electron chi connectivity index (χ4n) is 3.16. The molecule has 1 aliphatic rings. The molecule has 0 saturated heterocycles. The van der Waals surface area contributed by atoms with Gasteiger partial charge in [0, 0.05) is 24.4 Å². The zero-order valence-electron chi connectivity index (χ0n) is 19.5. The van der Waals surface area contributed by atoms with Crippen LogP contribution in [0.25, 0.3) is 6.08 Å². The third-order valence-corrected chi connectivity index (χ3v) is 5.52. The first-order valence-electron chi connectivity index (χ1n) is 10.8. The fraction of sp³-hybridized carbons (Fsp3) is 0.370. The van der Waals surface area contributed by atoms with E-state index in [1.807, 2.05) is 19.9 Å². The lowest BCUT2D eigenvalue weighted by Gasteiger charge is -2.15. The number of aromatic nitrogens is 1. The van der Waals surface area contributed by atoms with Crippen LogP contribution in [-0.4, -0.2) is 4.98 Å². The molecule has 0 atom stereocenters. The number of hydrogen-bond donors (Lipinski definition) is 0. The van der Waals surface area contributed by atoms with Crippen LogP contribution in [0, 0.1) is 6.92 Å². The molecule has 0 unspecified atom stereocenters.